The summed E-state index contributed by atoms with van der Waals surface area (Å²) in [5, 5.41) is 6.78. The molecule has 0 unspecified atom stereocenters. The summed E-state index contributed by atoms with van der Waals surface area (Å²) in [5.74, 6) is -1.53. The van der Waals surface area contributed by atoms with Crippen LogP contribution in [0.5, 0.6) is 0 Å². The number of hydrogen-bond acceptors (Lipinski definition) is 3. The topological polar surface area (TPSA) is 52.8 Å². The average Bonchev–Trinajstić information content (AvgIpc) is 3.25. The second-order valence-electron chi connectivity index (χ2n) is 7.59. The van der Waals surface area contributed by atoms with E-state index in [1.807, 2.05) is 13.8 Å². The Kier molecular flexibility index (Phi) is 6.84. The molecule has 0 aliphatic heterocycles. The minimum absolute atomic E-state index is 0. The van der Waals surface area contributed by atoms with Gasteiger partial charge in [-0.25, -0.2) is 0 Å². The molecule has 3 aromatic heterocycles. The monoisotopic (exact) mass is 637 g/mol. The molecule has 0 saturated carbocycles. The summed E-state index contributed by atoms with van der Waals surface area (Å²) in [4.78, 5) is 8.99. The van der Waals surface area contributed by atoms with E-state index < -0.39 is 28.9 Å². The van der Waals surface area contributed by atoms with Crippen LogP contribution in [0.1, 0.15) is 30.9 Å². The van der Waals surface area contributed by atoms with Crippen molar-refractivity contribution >= 4 is 0 Å². The number of benzene rings is 1. The standard InChI is InChI=1S/C23H15F5N4.Pt/c1-22(2,19-7-3-5-16(29-19)14-10-9-13(24)11-15(14)25)20-8-4-6-17(30-20)18-12-21(32-31-18)23(26,27)28;/h3-9,11-12H,1-2H3;/q-2;+2. The van der Waals surface area contributed by atoms with Gasteiger partial charge in [0.05, 0.1) is 5.69 Å². The summed E-state index contributed by atoms with van der Waals surface area (Å²) in [6, 6.07) is 15.1. The summed E-state index contributed by atoms with van der Waals surface area (Å²) < 4.78 is 66.0. The molecule has 0 spiro atoms. The van der Waals surface area contributed by atoms with Crippen LogP contribution in [0.15, 0.2) is 54.6 Å². The molecule has 0 radical (unpaired) electrons. The van der Waals surface area contributed by atoms with Crippen LogP contribution in [0.3, 0.4) is 0 Å². The van der Waals surface area contributed by atoms with Crippen LogP contribution in [0.25, 0.3) is 22.6 Å². The maximum Gasteiger partial charge on any atom is 2.00 e. The van der Waals surface area contributed by atoms with Crippen LogP contribution in [0.4, 0.5) is 22.0 Å². The van der Waals surface area contributed by atoms with Gasteiger partial charge in [0.15, 0.2) is 0 Å². The fraction of sp³-hybridized carbons (Fsp3) is 0.174. The van der Waals surface area contributed by atoms with Crippen LogP contribution >= 0.6 is 0 Å². The molecular weight excluding hydrogens is 622 g/mol. The van der Waals surface area contributed by atoms with Crippen molar-refractivity contribution in [1.29, 1.82) is 0 Å². The van der Waals surface area contributed by atoms with E-state index >= 15 is 0 Å². The molecule has 10 heteroatoms. The Hall–Kier alpha value is -2.93. The van der Waals surface area contributed by atoms with Crippen molar-refractivity contribution in [3.8, 4) is 22.6 Å². The van der Waals surface area contributed by atoms with Gasteiger partial charge < -0.3 is 15.2 Å². The maximum absolute atomic E-state index is 14.2. The van der Waals surface area contributed by atoms with Gasteiger partial charge in [0.2, 0.25) is 0 Å². The molecular formula is C23H15F5N4Pt. The number of nitrogens with zero attached hydrogens (tertiary/aromatic N) is 4. The fourth-order valence-corrected chi connectivity index (χ4v) is 3.18. The third-order valence-corrected chi connectivity index (χ3v) is 4.98. The molecule has 3 heterocycles. The Morgan fingerprint density at radius 1 is 0.848 bits per heavy atom. The first-order valence-electron chi connectivity index (χ1n) is 9.46. The van der Waals surface area contributed by atoms with Gasteiger partial charge in [0.1, 0.15) is 5.69 Å². The quantitative estimate of drug-likeness (QED) is 0.217. The van der Waals surface area contributed by atoms with Crippen LogP contribution in [0.2, 0.25) is 0 Å². The van der Waals surface area contributed by atoms with Crippen molar-refractivity contribution < 1.29 is 43.0 Å². The maximum atomic E-state index is 14.2. The Balaban J connectivity index is 0.00000306. The number of rotatable bonds is 4. The molecule has 0 bridgehead atoms. The van der Waals surface area contributed by atoms with Gasteiger partial charge in [-0.15, -0.1) is 12.1 Å². The van der Waals surface area contributed by atoms with Crippen LogP contribution in [-0.2, 0) is 32.7 Å². The number of aromatic nitrogens is 4. The van der Waals surface area contributed by atoms with Crippen molar-refractivity contribution in [2.75, 3.05) is 0 Å². The molecule has 0 amide bonds. The van der Waals surface area contributed by atoms with E-state index in [0.29, 0.717) is 11.4 Å². The summed E-state index contributed by atoms with van der Waals surface area (Å²) in [6.07, 6.45) is -4.60. The predicted octanol–water partition coefficient (Wildman–Crippen LogP) is 5.58. The first-order valence-corrected chi connectivity index (χ1v) is 9.46. The molecule has 4 aromatic rings. The third kappa shape index (κ3) is 5.03. The molecule has 4 rings (SSSR count). The van der Waals surface area contributed by atoms with E-state index in [1.54, 1.807) is 30.3 Å². The van der Waals surface area contributed by atoms with E-state index in [0.717, 1.165) is 18.2 Å². The summed E-state index contributed by atoms with van der Waals surface area (Å²) in [7, 11) is 0. The number of alkyl halides is 3. The zero-order valence-electron chi connectivity index (χ0n) is 17.2. The Labute approximate surface area is 200 Å². The van der Waals surface area contributed by atoms with Crippen molar-refractivity contribution in [3.63, 3.8) is 0 Å². The second-order valence-corrected chi connectivity index (χ2v) is 7.59. The van der Waals surface area contributed by atoms with Gasteiger partial charge in [-0.2, -0.15) is 13.2 Å². The molecule has 4 nitrogen and oxygen atoms in total. The van der Waals surface area contributed by atoms with Gasteiger partial charge in [-0.3, -0.25) is 13.8 Å². The van der Waals surface area contributed by atoms with E-state index in [1.165, 1.54) is 6.07 Å². The molecule has 172 valence electrons. The fourth-order valence-electron chi connectivity index (χ4n) is 3.18. The SMILES string of the molecule is CC(C)(c1cccc(-c2cc(C(F)(F)F)n[n-]2)n1)c1cccc(-c2[c-]cc(F)cc2F)n1.[Pt+2]. The van der Waals surface area contributed by atoms with E-state index in [9.17, 15) is 22.0 Å². The van der Waals surface area contributed by atoms with Crippen molar-refractivity contribution in [3.05, 3.63) is 89.4 Å². The zero-order chi connectivity index (χ0) is 23.1. The van der Waals surface area contributed by atoms with Crippen molar-refractivity contribution in [2.24, 2.45) is 0 Å². The van der Waals surface area contributed by atoms with Gasteiger partial charge in [-0.05, 0) is 43.8 Å². The number of halogens is 5. The smallest absolute Gasteiger partial charge is 0.573 e. The Bertz CT molecular complexity index is 1280. The largest absolute Gasteiger partial charge is 2.00 e. The molecule has 1 aromatic carbocycles. The summed E-state index contributed by atoms with van der Waals surface area (Å²) in [5.41, 5.74) is -0.326. The molecule has 0 N–H and O–H groups in total. The van der Waals surface area contributed by atoms with E-state index in [2.05, 4.69) is 26.2 Å². The van der Waals surface area contributed by atoms with E-state index in [4.69, 9.17) is 0 Å². The molecule has 0 aliphatic carbocycles. The molecule has 33 heavy (non-hydrogen) atoms. The zero-order valence-corrected chi connectivity index (χ0v) is 19.5. The second kappa shape index (κ2) is 9.14. The van der Waals surface area contributed by atoms with Crippen LogP contribution in [0, 0.1) is 17.7 Å². The molecule has 0 atom stereocenters. The molecule has 0 saturated heterocycles. The van der Waals surface area contributed by atoms with Gasteiger partial charge in [0, 0.05) is 28.4 Å². The molecule has 0 fully saturated rings. The summed E-state index contributed by atoms with van der Waals surface area (Å²) in [6.45, 7) is 3.65. The molecule has 0 aliphatic rings. The van der Waals surface area contributed by atoms with Crippen molar-refractivity contribution in [2.45, 2.75) is 25.4 Å². The van der Waals surface area contributed by atoms with Crippen molar-refractivity contribution in [1.82, 2.24) is 20.2 Å². The van der Waals surface area contributed by atoms with Gasteiger partial charge in [-0.1, -0.05) is 35.5 Å². The normalized spacial score (nSPS) is 11.8. The Morgan fingerprint density at radius 2 is 1.45 bits per heavy atom. The Morgan fingerprint density at radius 3 is 2.03 bits per heavy atom. The van der Waals surface area contributed by atoms with Crippen LogP contribution < -0.4 is 5.10 Å². The van der Waals surface area contributed by atoms with E-state index in [-0.39, 0.29) is 43.7 Å². The first-order chi connectivity index (χ1) is 15.1. The first kappa shape index (κ1) is 24.7. The van der Waals surface area contributed by atoms with Gasteiger partial charge in [0.25, 0.3) is 0 Å². The number of hydrogen-bond donors (Lipinski definition) is 0. The van der Waals surface area contributed by atoms with Crippen LogP contribution in [-0.4, -0.2) is 15.1 Å². The number of pyridine rings is 2. The van der Waals surface area contributed by atoms with Gasteiger partial charge >= 0.3 is 27.2 Å². The third-order valence-electron chi connectivity index (χ3n) is 4.98. The average molecular weight is 637 g/mol. The minimum atomic E-state index is -4.60. The summed E-state index contributed by atoms with van der Waals surface area (Å²) >= 11 is 0. The minimum Gasteiger partial charge on any atom is -0.573 e. The predicted molar refractivity (Wildman–Crippen MR) is 106 cm³/mol.